The second kappa shape index (κ2) is 7.90. The van der Waals surface area contributed by atoms with E-state index in [1.807, 2.05) is 0 Å². The molecular weight excluding hydrogens is 264 g/mol. The Hall–Kier alpha value is -0.940. The van der Waals surface area contributed by atoms with Gasteiger partial charge in [0, 0.05) is 39.9 Å². The van der Waals surface area contributed by atoms with E-state index in [2.05, 4.69) is 48.3 Å². The third-order valence-corrected chi connectivity index (χ3v) is 4.35. The van der Waals surface area contributed by atoms with Gasteiger partial charge in [-0.25, -0.2) is 0 Å². The summed E-state index contributed by atoms with van der Waals surface area (Å²) in [5, 5.41) is 3.61. The number of likely N-dealkylation sites (N-methyl/N-ethyl adjacent to an activating group) is 1. The highest BCUT2D eigenvalue weighted by atomic mass is 16.5. The number of nitrogens with zero attached hydrogens (tertiary/aromatic N) is 1. The van der Waals surface area contributed by atoms with Crippen LogP contribution >= 0.6 is 0 Å². The van der Waals surface area contributed by atoms with Crippen LogP contribution in [-0.4, -0.2) is 57.5 Å². The molecule has 118 valence electrons. The fourth-order valence-electron chi connectivity index (χ4n) is 3.18. The van der Waals surface area contributed by atoms with Gasteiger partial charge in [0.05, 0.1) is 12.2 Å². The molecular formula is C17H28N2O2. The van der Waals surface area contributed by atoms with Crippen molar-refractivity contribution in [3.8, 4) is 0 Å². The van der Waals surface area contributed by atoms with Crippen molar-refractivity contribution in [3.05, 3.63) is 35.4 Å². The van der Waals surface area contributed by atoms with E-state index in [-0.39, 0.29) is 12.2 Å². The molecule has 0 saturated carbocycles. The molecule has 1 aromatic carbocycles. The molecule has 1 fully saturated rings. The van der Waals surface area contributed by atoms with Gasteiger partial charge in [0.25, 0.3) is 0 Å². The van der Waals surface area contributed by atoms with Gasteiger partial charge in [0.1, 0.15) is 0 Å². The van der Waals surface area contributed by atoms with E-state index in [9.17, 15) is 0 Å². The summed E-state index contributed by atoms with van der Waals surface area (Å²) in [5.74, 6) is 0. The first-order valence-corrected chi connectivity index (χ1v) is 7.76. The van der Waals surface area contributed by atoms with Crippen LogP contribution in [0.25, 0.3) is 0 Å². The first-order chi connectivity index (χ1) is 10.2. The Morgan fingerprint density at radius 3 is 2.33 bits per heavy atom. The molecule has 3 atom stereocenters. The van der Waals surface area contributed by atoms with Crippen LogP contribution in [0.4, 0.5) is 0 Å². The standard InChI is InChI=1S/C17H28N2O2/c1-5-18-15(14-9-7-6-8-13(14)2)10-19-11-16(20-3)17(12-19)21-4/h6-9,15-18H,5,10-12H2,1-4H3. The van der Waals surface area contributed by atoms with Gasteiger partial charge in [0.2, 0.25) is 0 Å². The SMILES string of the molecule is CCNC(CN1CC(OC)C(OC)C1)c1ccccc1C. The maximum absolute atomic E-state index is 5.53. The minimum Gasteiger partial charge on any atom is -0.377 e. The highest BCUT2D eigenvalue weighted by Crippen LogP contribution is 2.22. The van der Waals surface area contributed by atoms with Crippen molar-refractivity contribution in [2.75, 3.05) is 40.4 Å². The summed E-state index contributed by atoms with van der Waals surface area (Å²) < 4.78 is 11.1. The number of nitrogens with one attached hydrogen (secondary N) is 1. The van der Waals surface area contributed by atoms with Crippen molar-refractivity contribution < 1.29 is 9.47 Å². The third-order valence-electron chi connectivity index (χ3n) is 4.35. The van der Waals surface area contributed by atoms with Crippen LogP contribution in [0.5, 0.6) is 0 Å². The summed E-state index contributed by atoms with van der Waals surface area (Å²) in [6, 6.07) is 8.97. The van der Waals surface area contributed by atoms with Gasteiger partial charge >= 0.3 is 0 Å². The normalized spacial score (nSPS) is 24.4. The van der Waals surface area contributed by atoms with Crippen molar-refractivity contribution in [2.24, 2.45) is 0 Å². The molecule has 1 heterocycles. The number of hydrogen-bond acceptors (Lipinski definition) is 4. The lowest BCUT2D eigenvalue weighted by molar-refractivity contribution is -0.00461. The molecule has 4 heteroatoms. The van der Waals surface area contributed by atoms with E-state index in [1.165, 1.54) is 11.1 Å². The largest absolute Gasteiger partial charge is 0.377 e. The first-order valence-electron chi connectivity index (χ1n) is 7.76. The molecule has 1 N–H and O–H groups in total. The fourth-order valence-corrected chi connectivity index (χ4v) is 3.18. The molecule has 0 aromatic heterocycles. The second-order valence-corrected chi connectivity index (χ2v) is 5.73. The number of methoxy groups -OCH3 is 2. The Balaban J connectivity index is 2.06. The highest BCUT2D eigenvalue weighted by Gasteiger charge is 2.34. The van der Waals surface area contributed by atoms with Crippen molar-refractivity contribution >= 4 is 0 Å². The minimum absolute atomic E-state index is 0.175. The summed E-state index contributed by atoms with van der Waals surface area (Å²) >= 11 is 0. The molecule has 0 amide bonds. The van der Waals surface area contributed by atoms with Gasteiger partial charge in [-0.2, -0.15) is 0 Å². The zero-order valence-corrected chi connectivity index (χ0v) is 13.6. The Kier molecular flexibility index (Phi) is 6.18. The topological polar surface area (TPSA) is 33.7 Å². The van der Waals surface area contributed by atoms with Crippen molar-refractivity contribution in [1.82, 2.24) is 10.2 Å². The van der Waals surface area contributed by atoms with Gasteiger partial charge in [-0.15, -0.1) is 0 Å². The monoisotopic (exact) mass is 292 g/mol. The number of likely N-dealkylation sites (tertiary alicyclic amines) is 1. The Morgan fingerprint density at radius 2 is 1.81 bits per heavy atom. The van der Waals surface area contributed by atoms with Gasteiger partial charge in [-0.05, 0) is 24.6 Å². The van der Waals surface area contributed by atoms with Gasteiger partial charge in [0.15, 0.2) is 0 Å². The van der Waals surface area contributed by atoms with Crippen LogP contribution in [0.2, 0.25) is 0 Å². The first kappa shape index (κ1) is 16.4. The van der Waals surface area contributed by atoms with E-state index in [4.69, 9.17) is 9.47 Å². The third kappa shape index (κ3) is 4.04. The number of ether oxygens (including phenoxy) is 2. The fraction of sp³-hybridized carbons (Fsp3) is 0.647. The summed E-state index contributed by atoms with van der Waals surface area (Å²) in [4.78, 5) is 2.43. The van der Waals surface area contributed by atoms with Gasteiger partial charge < -0.3 is 14.8 Å². The maximum atomic E-state index is 5.53. The molecule has 1 saturated heterocycles. The Labute approximate surface area is 128 Å². The summed E-state index contributed by atoms with van der Waals surface area (Å²) in [7, 11) is 3.53. The quantitative estimate of drug-likeness (QED) is 0.833. The highest BCUT2D eigenvalue weighted by molar-refractivity contribution is 5.29. The van der Waals surface area contributed by atoms with Crippen LogP contribution in [-0.2, 0) is 9.47 Å². The molecule has 0 radical (unpaired) electrons. The van der Waals surface area contributed by atoms with Crippen LogP contribution in [0, 0.1) is 6.92 Å². The van der Waals surface area contributed by atoms with Crippen molar-refractivity contribution in [3.63, 3.8) is 0 Å². The summed E-state index contributed by atoms with van der Waals surface area (Å²) in [6.07, 6.45) is 0.350. The van der Waals surface area contributed by atoms with E-state index in [0.717, 1.165) is 26.2 Å². The summed E-state index contributed by atoms with van der Waals surface area (Å²) in [6.45, 7) is 8.16. The lowest BCUT2D eigenvalue weighted by Gasteiger charge is -2.26. The number of rotatable bonds is 7. The molecule has 3 unspecified atom stereocenters. The molecule has 0 bridgehead atoms. The van der Waals surface area contributed by atoms with Gasteiger partial charge in [-0.1, -0.05) is 31.2 Å². The lowest BCUT2D eigenvalue weighted by atomic mass is 10.0. The van der Waals surface area contributed by atoms with Crippen LogP contribution in [0.1, 0.15) is 24.1 Å². The van der Waals surface area contributed by atoms with Crippen molar-refractivity contribution in [1.29, 1.82) is 0 Å². The van der Waals surface area contributed by atoms with E-state index >= 15 is 0 Å². The lowest BCUT2D eigenvalue weighted by Crippen LogP contribution is -2.35. The van der Waals surface area contributed by atoms with E-state index in [0.29, 0.717) is 6.04 Å². The average Bonchev–Trinajstić information content (AvgIpc) is 2.89. The number of benzene rings is 1. The number of hydrogen-bond donors (Lipinski definition) is 1. The predicted octanol–water partition coefficient (Wildman–Crippen LogP) is 1.99. The summed E-state index contributed by atoms with van der Waals surface area (Å²) in [5.41, 5.74) is 2.73. The second-order valence-electron chi connectivity index (χ2n) is 5.73. The minimum atomic E-state index is 0.175. The Bertz CT molecular complexity index is 427. The van der Waals surface area contributed by atoms with Gasteiger partial charge in [-0.3, -0.25) is 4.90 Å². The Morgan fingerprint density at radius 1 is 1.19 bits per heavy atom. The molecule has 1 aliphatic heterocycles. The van der Waals surface area contributed by atoms with Crippen LogP contribution < -0.4 is 5.32 Å². The molecule has 1 aromatic rings. The molecule has 1 aliphatic rings. The van der Waals surface area contributed by atoms with E-state index < -0.39 is 0 Å². The zero-order chi connectivity index (χ0) is 15.2. The van der Waals surface area contributed by atoms with Crippen LogP contribution in [0.15, 0.2) is 24.3 Å². The predicted molar refractivity (Wildman–Crippen MR) is 85.6 cm³/mol. The van der Waals surface area contributed by atoms with Crippen molar-refractivity contribution in [2.45, 2.75) is 32.1 Å². The maximum Gasteiger partial charge on any atom is 0.0971 e. The molecule has 21 heavy (non-hydrogen) atoms. The zero-order valence-electron chi connectivity index (χ0n) is 13.6. The molecule has 0 spiro atoms. The molecule has 0 aliphatic carbocycles. The smallest absolute Gasteiger partial charge is 0.0971 e. The number of aryl methyl sites for hydroxylation is 1. The molecule has 4 nitrogen and oxygen atoms in total. The molecule has 2 rings (SSSR count). The van der Waals surface area contributed by atoms with E-state index in [1.54, 1.807) is 14.2 Å². The average molecular weight is 292 g/mol. The van der Waals surface area contributed by atoms with Crippen LogP contribution in [0.3, 0.4) is 0 Å².